The predicted octanol–water partition coefficient (Wildman–Crippen LogP) is 1.15. The average molecular weight is 261 g/mol. The van der Waals surface area contributed by atoms with E-state index in [0.29, 0.717) is 18.7 Å². The second kappa shape index (κ2) is 4.04. The number of nitrogens with one attached hydrogen (secondary N) is 1. The number of nitro groups is 1. The van der Waals surface area contributed by atoms with Crippen LogP contribution >= 0.6 is 0 Å². The zero-order chi connectivity index (χ0) is 13.6. The molecule has 2 amide bonds. The number of fused-ring (bicyclic) bond motifs is 2. The first kappa shape index (κ1) is 11.6. The van der Waals surface area contributed by atoms with E-state index in [2.05, 4.69) is 5.32 Å². The molecule has 3 rings (SSSR count). The summed E-state index contributed by atoms with van der Waals surface area (Å²) in [6, 6.07) is 3.45. The van der Waals surface area contributed by atoms with Gasteiger partial charge in [-0.05, 0) is 18.9 Å². The Morgan fingerprint density at radius 2 is 2.16 bits per heavy atom. The minimum absolute atomic E-state index is 0.154. The van der Waals surface area contributed by atoms with Crippen LogP contribution < -0.4 is 5.32 Å². The van der Waals surface area contributed by atoms with Gasteiger partial charge in [0.25, 0.3) is 11.6 Å². The highest BCUT2D eigenvalue weighted by atomic mass is 16.6. The minimum atomic E-state index is -0.554. The standard InChI is InChI=1S/C12H11N3O4/c16-11-10-2-1-5-14(10)12(17)8-6-7(15(18)19)3-4-9(8)13-11/h3-4,6,10H,1-2,5H2,(H,13,16)/t10-/m1/s1. The Morgan fingerprint density at radius 3 is 2.89 bits per heavy atom. The Morgan fingerprint density at radius 1 is 1.37 bits per heavy atom. The third kappa shape index (κ3) is 1.74. The molecule has 98 valence electrons. The van der Waals surface area contributed by atoms with Gasteiger partial charge in [-0.15, -0.1) is 0 Å². The van der Waals surface area contributed by atoms with Crippen LogP contribution in [0.15, 0.2) is 18.2 Å². The summed E-state index contributed by atoms with van der Waals surface area (Å²) in [5, 5.41) is 13.4. The number of amides is 2. The van der Waals surface area contributed by atoms with Gasteiger partial charge in [-0.3, -0.25) is 19.7 Å². The SMILES string of the molecule is O=C1Nc2ccc([N+](=O)[O-])cc2C(=O)N2CCC[C@H]12. The van der Waals surface area contributed by atoms with Crippen molar-refractivity contribution < 1.29 is 14.5 Å². The molecule has 0 radical (unpaired) electrons. The highest BCUT2D eigenvalue weighted by molar-refractivity contribution is 6.10. The van der Waals surface area contributed by atoms with Gasteiger partial charge in [0.1, 0.15) is 6.04 Å². The lowest BCUT2D eigenvalue weighted by molar-refractivity contribution is -0.384. The van der Waals surface area contributed by atoms with E-state index in [9.17, 15) is 19.7 Å². The summed E-state index contributed by atoms with van der Waals surface area (Å²) < 4.78 is 0. The van der Waals surface area contributed by atoms with Gasteiger partial charge in [-0.2, -0.15) is 0 Å². The molecule has 0 aliphatic carbocycles. The van der Waals surface area contributed by atoms with Crippen LogP contribution in [0, 0.1) is 10.1 Å². The summed E-state index contributed by atoms with van der Waals surface area (Å²) in [4.78, 5) is 36.0. The van der Waals surface area contributed by atoms with Crippen molar-refractivity contribution in [2.45, 2.75) is 18.9 Å². The molecule has 7 nitrogen and oxygen atoms in total. The van der Waals surface area contributed by atoms with Crippen molar-refractivity contribution in [1.82, 2.24) is 4.90 Å². The number of carbonyl (C=O) groups excluding carboxylic acids is 2. The Kier molecular flexibility index (Phi) is 2.48. The third-order valence-electron chi connectivity index (χ3n) is 3.52. The molecule has 2 aliphatic rings. The molecule has 0 saturated carbocycles. The Labute approximate surface area is 108 Å². The fraction of sp³-hybridized carbons (Fsp3) is 0.333. The van der Waals surface area contributed by atoms with Gasteiger partial charge in [0.15, 0.2) is 0 Å². The molecule has 19 heavy (non-hydrogen) atoms. The molecular weight excluding hydrogens is 250 g/mol. The molecule has 0 bridgehead atoms. The van der Waals surface area contributed by atoms with Crippen LogP contribution in [0.5, 0.6) is 0 Å². The molecule has 0 unspecified atom stereocenters. The number of hydrogen-bond donors (Lipinski definition) is 1. The van der Waals surface area contributed by atoms with Crippen molar-refractivity contribution >= 4 is 23.2 Å². The number of hydrogen-bond acceptors (Lipinski definition) is 4. The zero-order valence-electron chi connectivity index (χ0n) is 9.96. The number of carbonyl (C=O) groups is 2. The molecule has 1 saturated heterocycles. The Balaban J connectivity index is 2.11. The van der Waals surface area contributed by atoms with Crippen LogP contribution in [0.25, 0.3) is 0 Å². The number of nitro benzene ring substituents is 1. The summed E-state index contributed by atoms with van der Waals surface area (Å²) in [6.45, 7) is 0.513. The quantitative estimate of drug-likeness (QED) is 0.606. The normalized spacial score (nSPS) is 21.5. The number of non-ortho nitro benzene ring substituents is 1. The summed E-state index contributed by atoms with van der Waals surface area (Å²) in [6.07, 6.45) is 1.40. The second-order valence-corrected chi connectivity index (χ2v) is 4.63. The first-order valence-electron chi connectivity index (χ1n) is 5.98. The first-order chi connectivity index (χ1) is 9.08. The van der Waals surface area contributed by atoms with E-state index in [-0.39, 0.29) is 23.1 Å². The monoisotopic (exact) mass is 261 g/mol. The van der Waals surface area contributed by atoms with Crippen molar-refractivity contribution in [2.75, 3.05) is 11.9 Å². The smallest absolute Gasteiger partial charge is 0.270 e. The first-order valence-corrected chi connectivity index (χ1v) is 5.98. The molecule has 1 atom stereocenters. The maximum absolute atomic E-state index is 12.3. The molecule has 1 N–H and O–H groups in total. The van der Waals surface area contributed by atoms with E-state index in [0.717, 1.165) is 6.42 Å². The molecule has 1 aromatic rings. The van der Waals surface area contributed by atoms with Gasteiger partial charge in [0, 0.05) is 18.7 Å². The lowest BCUT2D eigenvalue weighted by Gasteiger charge is -2.19. The van der Waals surface area contributed by atoms with Gasteiger partial charge in [-0.25, -0.2) is 0 Å². The maximum Gasteiger partial charge on any atom is 0.270 e. The van der Waals surface area contributed by atoms with Crippen LogP contribution in [0.2, 0.25) is 0 Å². The fourth-order valence-electron chi connectivity index (χ4n) is 2.58. The van der Waals surface area contributed by atoms with E-state index in [1.807, 2.05) is 0 Å². The molecular formula is C12H11N3O4. The third-order valence-corrected chi connectivity index (χ3v) is 3.52. The summed E-state index contributed by atoms with van der Waals surface area (Å²) >= 11 is 0. The number of anilines is 1. The zero-order valence-corrected chi connectivity index (χ0v) is 9.96. The van der Waals surface area contributed by atoms with Crippen molar-refractivity contribution in [2.24, 2.45) is 0 Å². The molecule has 2 aliphatic heterocycles. The molecule has 1 fully saturated rings. The van der Waals surface area contributed by atoms with Crippen molar-refractivity contribution in [3.05, 3.63) is 33.9 Å². The number of nitrogens with zero attached hydrogens (tertiary/aromatic N) is 2. The summed E-state index contributed by atoms with van der Waals surface area (Å²) in [7, 11) is 0. The second-order valence-electron chi connectivity index (χ2n) is 4.63. The van der Waals surface area contributed by atoms with E-state index in [4.69, 9.17) is 0 Å². The van der Waals surface area contributed by atoms with Crippen molar-refractivity contribution in [3.63, 3.8) is 0 Å². The predicted molar refractivity (Wildman–Crippen MR) is 65.8 cm³/mol. The van der Waals surface area contributed by atoms with Gasteiger partial charge in [-0.1, -0.05) is 0 Å². The lowest BCUT2D eigenvalue weighted by atomic mass is 10.1. The van der Waals surface area contributed by atoms with E-state index in [1.54, 1.807) is 0 Å². The largest absolute Gasteiger partial charge is 0.327 e. The highest BCUT2D eigenvalue weighted by Crippen LogP contribution is 2.30. The molecule has 0 spiro atoms. The molecule has 1 aromatic carbocycles. The maximum atomic E-state index is 12.3. The molecule has 2 heterocycles. The van der Waals surface area contributed by atoms with Crippen LogP contribution in [0.1, 0.15) is 23.2 Å². The summed E-state index contributed by atoms with van der Waals surface area (Å²) in [5.41, 5.74) is 0.376. The van der Waals surface area contributed by atoms with Gasteiger partial charge in [0.05, 0.1) is 16.2 Å². The van der Waals surface area contributed by atoms with E-state index in [1.165, 1.54) is 23.1 Å². The van der Waals surface area contributed by atoms with Gasteiger partial charge in [0.2, 0.25) is 5.91 Å². The lowest BCUT2D eigenvalue weighted by Crippen LogP contribution is -2.40. The number of rotatable bonds is 1. The average Bonchev–Trinajstić information content (AvgIpc) is 2.84. The topological polar surface area (TPSA) is 92.5 Å². The number of benzene rings is 1. The molecule has 7 heteroatoms. The van der Waals surface area contributed by atoms with Crippen LogP contribution in [-0.4, -0.2) is 34.2 Å². The Bertz CT molecular complexity index is 599. The van der Waals surface area contributed by atoms with Crippen LogP contribution in [-0.2, 0) is 4.79 Å². The van der Waals surface area contributed by atoms with Gasteiger partial charge < -0.3 is 10.2 Å². The van der Waals surface area contributed by atoms with Crippen molar-refractivity contribution in [3.8, 4) is 0 Å². The molecule has 0 aromatic heterocycles. The van der Waals surface area contributed by atoms with E-state index < -0.39 is 11.0 Å². The highest BCUT2D eigenvalue weighted by Gasteiger charge is 2.38. The Hall–Kier alpha value is -2.44. The fourth-order valence-corrected chi connectivity index (χ4v) is 2.58. The van der Waals surface area contributed by atoms with Crippen LogP contribution in [0.4, 0.5) is 11.4 Å². The van der Waals surface area contributed by atoms with Crippen molar-refractivity contribution in [1.29, 1.82) is 0 Å². The van der Waals surface area contributed by atoms with Gasteiger partial charge >= 0.3 is 0 Å². The van der Waals surface area contributed by atoms with E-state index >= 15 is 0 Å². The summed E-state index contributed by atoms with van der Waals surface area (Å²) in [5.74, 6) is -0.544. The minimum Gasteiger partial charge on any atom is -0.327 e. The van der Waals surface area contributed by atoms with Crippen LogP contribution in [0.3, 0.4) is 0 Å².